The van der Waals surface area contributed by atoms with Crippen LogP contribution in [0, 0.1) is 5.21 Å². The molecule has 0 spiro atoms. The van der Waals surface area contributed by atoms with E-state index in [0.717, 1.165) is 0 Å². The van der Waals surface area contributed by atoms with Gasteiger partial charge >= 0.3 is 0 Å². The van der Waals surface area contributed by atoms with Crippen molar-refractivity contribution in [1.82, 2.24) is 5.48 Å². The Kier molecular flexibility index (Phi) is 2.08. The molecule has 0 atom stereocenters. The van der Waals surface area contributed by atoms with Gasteiger partial charge in [0.15, 0.2) is 0 Å². The molecule has 0 fully saturated rings. The summed E-state index contributed by atoms with van der Waals surface area (Å²) in [6.07, 6.45) is 0. The number of hydroxylamine groups is 1. The average molecular weight is 151 g/mol. The molecule has 58 valence electrons. The van der Waals surface area contributed by atoms with Crippen LogP contribution >= 0.6 is 0 Å². The SMILES string of the molecule is Nc1ccccc1C(=O)N[O-]. The lowest BCUT2D eigenvalue weighted by Crippen LogP contribution is -2.17. The van der Waals surface area contributed by atoms with Gasteiger partial charge in [-0.05, 0) is 12.1 Å². The Morgan fingerprint density at radius 1 is 1.45 bits per heavy atom. The highest BCUT2D eigenvalue weighted by molar-refractivity contribution is 5.99. The monoisotopic (exact) mass is 151 g/mol. The molecule has 0 aliphatic rings. The van der Waals surface area contributed by atoms with Crippen molar-refractivity contribution in [2.24, 2.45) is 0 Å². The van der Waals surface area contributed by atoms with Gasteiger partial charge in [-0.15, -0.1) is 0 Å². The summed E-state index contributed by atoms with van der Waals surface area (Å²) in [5, 5.41) is 9.93. The Bertz CT molecular complexity index is 273. The van der Waals surface area contributed by atoms with Crippen LogP contribution in [0.4, 0.5) is 5.69 Å². The molecule has 0 saturated heterocycles. The van der Waals surface area contributed by atoms with E-state index in [1.54, 1.807) is 18.2 Å². The van der Waals surface area contributed by atoms with E-state index in [4.69, 9.17) is 5.73 Å². The third-order valence-corrected chi connectivity index (χ3v) is 1.30. The second kappa shape index (κ2) is 3.03. The van der Waals surface area contributed by atoms with Gasteiger partial charge in [0.2, 0.25) is 5.91 Å². The van der Waals surface area contributed by atoms with Gasteiger partial charge in [0.05, 0.1) is 5.56 Å². The number of rotatable bonds is 1. The predicted molar refractivity (Wildman–Crippen MR) is 41.7 cm³/mol. The van der Waals surface area contributed by atoms with Gasteiger partial charge in [-0.3, -0.25) is 4.79 Å². The van der Waals surface area contributed by atoms with Gasteiger partial charge in [-0.1, -0.05) is 12.1 Å². The van der Waals surface area contributed by atoms with Gasteiger partial charge < -0.3 is 16.4 Å². The molecule has 0 unspecified atom stereocenters. The summed E-state index contributed by atoms with van der Waals surface area (Å²) in [6, 6.07) is 6.38. The smallest absolute Gasteiger partial charge is 0.242 e. The van der Waals surface area contributed by atoms with Crippen LogP contribution in [0.15, 0.2) is 24.3 Å². The summed E-state index contributed by atoms with van der Waals surface area (Å²) in [5.41, 5.74) is 7.17. The Hall–Kier alpha value is -1.55. The normalized spacial score (nSPS) is 9.18. The number of nitrogens with two attached hydrogens (primary N) is 1. The molecular weight excluding hydrogens is 144 g/mol. The van der Waals surface area contributed by atoms with Crippen molar-refractivity contribution in [3.63, 3.8) is 0 Å². The van der Waals surface area contributed by atoms with E-state index in [2.05, 4.69) is 0 Å². The number of carbonyl (C=O) groups excluding carboxylic acids is 1. The Morgan fingerprint density at radius 3 is 2.64 bits per heavy atom. The molecule has 1 aromatic carbocycles. The van der Waals surface area contributed by atoms with E-state index in [-0.39, 0.29) is 5.56 Å². The van der Waals surface area contributed by atoms with E-state index in [1.807, 2.05) is 0 Å². The minimum atomic E-state index is -0.705. The lowest BCUT2D eigenvalue weighted by molar-refractivity contribution is 0.0971. The first kappa shape index (κ1) is 7.56. The third kappa shape index (κ3) is 1.47. The van der Waals surface area contributed by atoms with Gasteiger partial charge in [-0.25, -0.2) is 0 Å². The number of nitrogen functional groups attached to an aromatic ring is 1. The van der Waals surface area contributed by atoms with Gasteiger partial charge in [0.25, 0.3) is 0 Å². The average Bonchev–Trinajstić information content (AvgIpc) is 2.04. The standard InChI is InChI=1S/C7H7N2O2/c8-6-4-2-1-3-5(6)7(10)9-11/h1-4H,(H3-,8,9,10,11)/q-1. The van der Waals surface area contributed by atoms with Crippen LogP contribution in [0.3, 0.4) is 0 Å². The Morgan fingerprint density at radius 2 is 2.09 bits per heavy atom. The highest BCUT2D eigenvalue weighted by Gasteiger charge is 2.02. The zero-order valence-corrected chi connectivity index (χ0v) is 5.70. The van der Waals surface area contributed by atoms with Crippen molar-refractivity contribution < 1.29 is 4.79 Å². The molecule has 0 radical (unpaired) electrons. The Labute approximate surface area is 63.6 Å². The maximum atomic E-state index is 10.7. The van der Waals surface area contributed by atoms with Crippen LogP contribution in [0.25, 0.3) is 0 Å². The lowest BCUT2D eigenvalue weighted by atomic mass is 10.2. The molecule has 4 nitrogen and oxygen atoms in total. The molecule has 3 N–H and O–H groups in total. The first-order chi connectivity index (χ1) is 5.25. The summed E-state index contributed by atoms with van der Waals surface area (Å²) < 4.78 is 0. The van der Waals surface area contributed by atoms with Crippen molar-refractivity contribution in [1.29, 1.82) is 0 Å². The fourth-order valence-corrected chi connectivity index (χ4v) is 0.759. The number of amides is 1. The first-order valence-electron chi connectivity index (χ1n) is 3.02. The summed E-state index contributed by atoms with van der Waals surface area (Å²) in [5.74, 6) is -0.705. The highest BCUT2D eigenvalue weighted by atomic mass is 16.5. The molecule has 1 rings (SSSR count). The topological polar surface area (TPSA) is 78.2 Å². The number of hydrogen-bond donors (Lipinski definition) is 2. The quantitative estimate of drug-likeness (QED) is 0.453. The molecule has 0 aliphatic heterocycles. The van der Waals surface area contributed by atoms with E-state index in [9.17, 15) is 10.0 Å². The molecule has 1 amide bonds. The van der Waals surface area contributed by atoms with Crippen LogP contribution < -0.4 is 11.2 Å². The molecule has 11 heavy (non-hydrogen) atoms. The van der Waals surface area contributed by atoms with Gasteiger partial charge in [-0.2, -0.15) is 0 Å². The fourth-order valence-electron chi connectivity index (χ4n) is 0.759. The van der Waals surface area contributed by atoms with Crippen molar-refractivity contribution in [3.8, 4) is 0 Å². The third-order valence-electron chi connectivity index (χ3n) is 1.30. The number of para-hydroxylation sites is 1. The van der Waals surface area contributed by atoms with E-state index >= 15 is 0 Å². The summed E-state index contributed by atoms with van der Waals surface area (Å²) in [7, 11) is 0. The fraction of sp³-hybridized carbons (Fsp3) is 0. The van der Waals surface area contributed by atoms with Crippen LogP contribution in [0.5, 0.6) is 0 Å². The minimum Gasteiger partial charge on any atom is -0.759 e. The Balaban J connectivity index is 3.03. The number of benzene rings is 1. The van der Waals surface area contributed by atoms with Crippen molar-refractivity contribution in [2.75, 3.05) is 5.73 Å². The predicted octanol–water partition coefficient (Wildman–Crippen LogP) is 0.496. The number of hydrogen-bond acceptors (Lipinski definition) is 3. The summed E-state index contributed by atoms with van der Waals surface area (Å²) in [6.45, 7) is 0. The molecule has 4 heteroatoms. The zero-order valence-electron chi connectivity index (χ0n) is 5.70. The van der Waals surface area contributed by atoms with E-state index in [1.165, 1.54) is 11.5 Å². The van der Waals surface area contributed by atoms with Crippen LogP contribution in [-0.4, -0.2) is 5.91 Å². The maximum absolute atomic E-state index is 10.7. The number of carbonyl (C=O) groups is 1. The molecule has 0 heterocycles. The second-order valence-electron chi connectivity index (χ2n) is 2.02. The number of anilines is 1. The van der Waals surface area contributed by atoms with Crippen molar-refractivity contribution in [2.45, 2.75) is 0 Å². The molecule has 0 aliphatic carbocycles. The molecular formula is C7H7N2O2-. The molecule has 0 bridgehead atoms. The summed E-state index contributed by atoms with van der Waals surface area (Å²) in [4.78, 5) is 10.7. The molecule has 0 aromatic heterocycles. The van der Waals surface area contributed by atoms with Gasteiger partial charge in [0.1, 0.15) is 0 Å². The first-order valence-corrected chi connectivity index (χ1v) is 3.02. The van der Waals surface area contributed by atoms with Crippen molar-refractivity contribution in [3.05, 3.63) is 35.0 Å². The highest BCUT2D eigenvalue weighted by Crippen LogP contribution is 2.09. The van der Waals surface area contributed by atoms with Gasteiger partial charge in [0, 0.05) is 5.69 Å². The summed E-state index contributed by atoms with van der Waals surface area (Å²) >= 11 is 0. The largest absolute Gasteiger partial charge is 0.759 e. The van der Waals surface area contributed by atoms with Crippen molar-refractivity contribution >= 4 is 11.6 Å². The van der Waals surface area contributed by atoms with Crippen LogP contribution in [0.1, 0.15) is 10.4 Å². The van der Waals surface area contributed by atoms with E-state index in [0.29, 0.717) is 5.69 Å². The van der Waals surface area contributed by atoms with E-state index < -0.39 is 5.91 Å². The lowest BCUT2D eigenvalue weighted by Gasteiger charge is -2.08. The molecule has 1 aromatic rings. The van der Waals surface area contributed by atoms with Crippen LogP contribution in [-0.2, 0) is 0 Å². The molecule has 0 saturated carbocycles. The van der Waals surface area contributed by atoms with Crippen LogP contribution in [0.2, 0.25) is 0 Å². The maximum Gasteiger partial charge on any atom is 0.242 e. The second-order valence-corrected chi connectivity index (χ2v) is 2.02. The number of nitrogens with one attached hydrogen (secondary N) is 1. The zero-order chi connectivity index (χ0) is 8.27. The minimum absolute atomic E-state index is 0.211.